The summed E-state index contributed by atoms with van der Waals surface area (Å²) < 4.78 is 1.24. The Morgan fingerprint density at radius 2 is 1.03 bits per heavy atom. The second kappa shape index (κ2) is 6.34. The lowest BCUT2D eigenvalue weighted by Crippen LogP contribution is -2.18. The zero-order valence-corrected chi connectivity index (χ0v) is 23.3. The summed E-state index contributed by atoms with van der Waals surface area (Å²) in [7, 11) is 0. The predicted molar refractivity (Wildman–Crippen MR) is 140 cm³/mol. The molecule has 160 valence electrons. The van der Waals surface area contributed by atoms with Crippen molar-refractivity contribution in [1.82, 2.24) is 0 Å². The van der Waals surface area contributed by atoms with E-state index in [1.165, 1.54) is 36.8 Å². The van der Waals surface area contributed by atoms with Crippen LogP contribution < -0.4 is 0 Å². The van der Waals surface area contributed by atoms with Crippen molar-refractivity contribution >= 4 is 49.9 Å². The van der Waals surface area contributed by atoms with Crippen LogP contribution in [0.3, 0.4) is 0 Å². The average molecular weight is 520 g/mol. The maximum atomic E-state index is 3.90. The lowest BCUT2D eigenvalue weighted by atomic mass is 9.82. The van der Waals surface area contributed by atoms with Gasteiger partial charge in [0.1, 0.15) is 0 Å². The Morgan fingerprint density at radius 3 is 1.53 bits per heavy atom. The van der Waals surface area contributed by atoms with Gasteiger partial charge in [0, 0.05) is 39.7 Å². The quantitative estimate of drug-likeness (QED) is 0.316. The Balaban J connectivity index is 1.57. The molecule has 0 saturated carbocycles. The minimum atomic E-state index is 0.270. The second-order valence-corrected chi connectivity index (χ2v) is 15.9. The van der Waals surface area contributed by atoms with E-state index in [-0.39, 0.29) is 21.7 Å². The Kier molecular flexibility index (Phi) is 4.52. The van der Waals surface area contributed by atoms with Gasteiger partial charge in [-0.25, -0.2) is 0 Å². The van der Waals surface area contributed by atoms with Crippen LogP contribution in [-0.4, -0.2) is 0 Å². The van der Waals surface area contributed by atoms with Crippen LogP contribution >= 0.6 is 49.9 Å². The van der Waals surface area contributed by atoms with Gasteiger partial charge in [-0.1, -0.05) is 55.4 Å². The summed E-state index contributed by atoms with van der Waals surface area (Å²) in [5.74, 6) is 0. The van der Waals surface area contributed by atoms with Crippen LogP contribution in [0.2, 0.25) is 0 Å². The number of thiophene rings is 3. The van der Waals surface area contributed by atoms with Crippen LogP contribution in [0, 0.1) is 0 Å². The molecule has 5 rings (SSSR count). The summed E-state index contributed by atoms with van der Waals surface area (Å²) in [6.07, 6.45) is 2.48. The fraction of sp³-hybridized carbons (Fsp3) is 0.538. The average Bonchev–Trinajstić information content (AvgIpc) is 3.32. The summed E-state index contributed by atoms with van der Waals surface area (Å²) in [6, 6.07) is 7.31. The molecule has 0 saturated heterocycles. The lowest BCUT2D eigenvalue weighted by molar-refractivity contribution is 0.404. The molecule has 0 nitrogen and oxygen atoms in total. The normalized spacial score (nSPS) is 22.3. The first-order valence-electron chi connectivity index (χ1n) is 10.8. The molecule has 0 amide bonds. The van der Waals surface area contributed by atoms with E-state index in [4.69, 9.17) is 0 Å². The molecule has 2 aliphatic carbocycles. The maximum Gasteiger partial charge on any atom is 0.0591 e. The molecule has 3 heterocycles. The van der Waals surface area contributed by atoms with E-state index in [1.54, 1.807) is 20.9 Å². The first kappa shape index (κ1) is 21.4. The van der Waals surface area contributed by atoms with E-state index in [1.807, 2.05) is 34.0 Å². The first-order valence-corrected chi connectivity index (χ1v) is 14.1. The number of rotatable bonds is 2. The monoisotopic (exact) mass is 518 g/mol. The summed E-state index contributed by atoms with van der Waals surface area (Å²) in [4.78, 5) is 8.82. The predicted octanol–water partition coefficient (Wildman–Crippen LogP) is 9.89. The minimum Gasteiger partial charge on any atom is -0.139 e. The smallest absolute Gasteiger partial charge is 0.0591 e. The van der Waals surface area contributed by atoms with Crippen molar-refractivity contribution in [2.75, 3.05) is 0 Å². The van der Waals surface area contributed by atoms with Gasteiger partial charge in [0.2, 0.25) is 0 Å². The van der Waals surface area contributed by atoms with Crippen LogP contribution in [0.15, 0.2) is 22.7 Å². The first-order chi connectivity index (χ1) is 13.7. The molecular weight excluding hydrogens is 488 g/mol. The van der Waals surface area contributed by atoms with Gasteiger partial charge in [0.05, 0.1) is 4.88 Å². The van der Waals surface area contributed by atoms with Crippen LogP contribution in [0.25, 0.3) is 19.5 Å². The van der Waals surface area contributed by atoms with E-state index in [9.17, 15) is 0 Å². The summed E-state index contributed by atoms with van der Waals surface area (Å²) in [6.45, 7) is 19.3. The molecule has 0 N–H and O–H groups in total. The van der Waals surface area contributed by atoms with Crippen molar-refractivity contribution in [3.63, 3.8) is 0 Å². The topological polar surface area (TPSA) is 0 Å². The molecule has 0 spiro atoms. The van der Waals surface area contributed by atoms with Gasteiger partial charge in [-0.05, 0) is 68.9 Å². The van der Waals surface area contributed by atoms with Crippen molar-refractivity contribution in [2.24, 2.45) is 0 Å². The van der Waals surface area contributed by atoms with Crippen molar-refractivity contribution in [3.8, 4) is 19.5 Å². The van der Waals surface area contributed by atoms with E-state index < -0.39 is 0 Å². The van der Waals surface area contributed by atoms with Gasteiger partial charge in [0.25, 0.3) is 0 Å². The van der Waals surface area contributed by atoms with Gasteiger partial charge in [-0.2, -0.15) is 0 Å². The molecule has 3 aromatic rings. The van der Waals surface area contributed by atoms with E-state index in [0.717, 1.165) is 0 Å². The molecule has 3 aromatic heterocycles. The molecular formula is C26H31BrS3. The molecule has 0 aromatic carbocycles. The van der Waals surface area contributed by atoms with Gasteiger partial charge in [-0.15, -0.1) is 34.0 Å². The molecule has 2 aliphatic rings. The van der Waals surface area contributed by atoms with E-state index >= 15 is 0 Å². The van der Waals surface area contributed by atoms with Crippen molar-refractivity contribution in [1.29, 1.82) is 0 Å². The molecule has 0 aliphatic heterocycles. The number of hydrogen-bond acceptors (Lipinski definition) is 3. The van der Waals surface area contributed by atoms with Crippen LogP contribution in [0.1, 0.15) is 89.1 Å². The molecule has 0 fully saturated rings. The van der Waals surface area contributed by atoms with Gasteiger partial charge >= 0.3 is 0 Å². The SMILES string of the molecule is CC1(C)CC(C)(C)c2sc(-c3cc(Br)c(-c4cc5c(s4)C(C)(C)CC5(C)C)s3)cc21. The fourth-order valence-electron chi connectivity index (χ4n) is 6.25. The number of fused-ring (bicyclic) bond motifs is 2. The Labute approximate surface area is 201 Å². The van der Waals surface area contributed by atoms with Crippen LogP contribution in [0.4, 0.5) is 0 Å². The molecule has 30 heavy (non-hydrogen) atoms. The molecule has 4 heteroatoms. The molecule has 0 atom stereocenters. The molecule has 0 radical (unpaired) electrons. The van der Waals surface area contributed by atoms with Crippen LogP contribution in [0.5, 0.6) is 0 Å². The third kappa shape index (κ3) is 3.08. The molecule has 0 unspecified atom stereocenters. The zero-order valence-electron chi connectivity index (χ0n) is 19.2. The summed E-state index contributed by atoms with van der Waals surface area (Å²) >= 11 is 9.89. The highest BCUT2D eigenvalue weighted by atomic mass is 79.9. The summed E-state index contributed by atoms with van der Waals surface area (Å²) in [5, 5.41) is 0. The third-order valence-corrected chi connectivity index (χ3v) is 12.5. The van der Waals surface area contributed by atoms with Gasteiger partial charge in [0.15, 0.2) is 0 Å². The Bertz CT molecular complexity index is 1100. The lowest BCUT2D eigenvalue weighted by Gasteiger charge is -2.23. The zero-order chi connectivity index (χ0) is 21.9. The Morgan fingerprint density at radius 1 is 0.600 bits per heavy atom. The van der Waals surface area contributed by atoms with Crippen molar-refractivity contribution in [3.05, 3.63) is 43.6 Å². The highest BCUT2D eigenvalue weighted by molar-refractivity contribution is 9.10. The standard InChI is InChI=1S/C26H31BrS3/c1-23(2)12-25(5,6)21-14(23)9-17(29-21)18-11-16(27)20(28-18)19-10-15-22(30-19)26(7,8)13-24(15,3)4/h9-11H,12-13H2,1-8H3. The van der Waals surface area contributed by atoms with E-state index in [0.29, 0.717) is 0 Å². The Hall–Kier alpha value is -0.420. The van der Waals surface area contributed by atoms with Crippen molar-refractivity contribution < 1.29 is 0 Å². The highest BCUT2D eigenvalue weighted by Gasteiger charge is 2.45. The van der Waals surface area contributed by atoms with E-state index in [2.05, 4.69) is 89.5 Å². The van der Waals surface area contributed by atoms with Gasteiger partial charge in [-0.3, -0.25) is 0 Å². The van der Waals surface area contributed by atoms with Gasteiger partial charge < -0.3 is 0 Å². The highest BCUT2D eigenvalue weighted by Crippen LogP contribution is 2.58. The minimum absolute atomic E-state index is 0.270. The van der Waals surface area contributed by atoms with Crippen molar-refractivity contribution in [2.45, 2.75) is 89.9 Å². The molecule has 0 bridgehead atoms. The third-order valence-electron chi connectivity index (χ3n) is 7.07. The second-order valence-electron chi connectivity index (χ2n) is 11.9. The number of hydrogen-bond donors (Lipinski definition) is 0. The maximum absolute atomic E-state index is 3.90. The fourth-order valence-corrected chi connectivity index (χ4v) is 11.3. The van der Waals surface area contributed by atoms with Crippen LogP contribution in [-0.2, 0) is 21.7 Å². The number of halogens is 1. The summed E-state index contributed by atoms with van der Waals surface area (Å²) in [5.41, 5.74) is 4.23. The largest absolute Gasteiger partial charge is 0.139 e.